The molecule has 0 radical (unpaired) electrons. The lowest BCUT2D eigenvalue weighted by Crippen LogP contribution is -2.41. The maximum atomic E-state index is 10.5. The number of ether oxygens (including phenoxy) is 9. The minimum absolute atomic E-state index is 0.0596. The molecule has 18 heteroatoms. The molecule has 0 spiro atoms. The summed E-state index contributed by atoms with van der Waals surface area (Å²) in [6, 6.07) is 0. The van der Waals surface area contributed by atoms with Crippen LogP contribution in [0.15, 0.2) is 0 Å². The first-order chi connectivity index (χ1) is 29.9. The van der Waals surface area contributed by atoms with E-state index < -0.39 is 16.2 Å². The van der Waals surface area contributed by atoms with Crippen LogP contribution in [-0.2, 0) is 42.6 Å². The molecule has 0 aromatic rings. The maximum absolute atomic E-state index is 10.5. The fraction of sp³-hybridized carbons (Fsp3) is 1.00. The van der Waals surface area contributed by atoms with Crippen molar-refractivity contribution in [1.82, 2.24) is 0 Å². The van der Waals surface area contributed by atoms with Crippen molar-refractivity contribution in [3.05, 3.63) is 0 Å². The zero-order valence-electron chi connectivity index (χ0n) is 37.4. The van der Waals surface area contributed by atoms with Crippen molar-refractivity contribution in [2.24, 2.45) is 16.2 Å². The highest BCUT2D eigenvalue weighted by atomic mass is 32.2. The van der Waals surface area contributed by atoms with Crippen molar-refractivity contribution in [2.75, 3.05) is 179 Å². The van der Waals surface area contributed by atoms with E-state index in [9.17, 15) is 15.3 Å². The number of thioether (sulfide) groups is 1. The molecule has 0 aliphatic heterocycles. The fourth-order valence-corrected chi connectivity index (χ4v) is 7.28. The van der Waals surface area contributed by atoms with E-state index in [1.165, 1.54) is 0 Å². The van der Waals surface area contributed by atoms with Gasteiger partial charge in [-0.1, -0.05) is 19.3 Å². The van der Waals surface area contributed by atoms with Crippen molar-refractivity contribution in [1.29, 1.82) is 0 Å². The Morgan fingerprint density at radius 3 is 0.689 bits per heavy atom. The summed E-state index contributed by atoms with van der Waals surface area (Å²) in [6.07, 6.45) is 11.1. The standard InChI is InChI=1S/C43H88O12S6/c44-29-41(34-49-15-6-22-56,35-50-16-7-23-57)32-47-13-4-2-1-3-5-14-48-33-42(30-45,36-51-17-8-24-58)39-54-20-11-27-61-28-12-21-55-40-43(31-46,37-52-18-9-25-59)38-53-19-10-26-60/h44-46,56-60H,1-40H2. The van der Waals surface area contributed by atoms with Gasteiger partial charge >= 0.3 is 0 Å². The number of aliphatic hydroxyl groups excluding tert-OH is 3. The summed E-state index contributed by atoms with van der Waals surface area (Å²) in [4.78, 5) is 0. The van der Waals surface area contributed by atoms with Gasteiger partial charge in [0.15, 0.2) is 0 Å². The lowest BCUT2D eigenvalue weighted by atomic mass is 9.92. The molecule has 0 aliphatic rings. The van der Waals surface area contributed by atoms with Crippen LogP contribution >= 0.6 is 74.9 Å². The number of aliphatic hydroxyl groups is 3. The molecular formula is C43H88O12S6. The highest BCUT2D eigenvalue weighted by Crippen LogP contribution is 2.23. The lowest BCUT2D eigenvalue weighted by molar-refractivity contribution is -0.0931. The number of thiol groups is 5. The summed E-state index contributed by atoms with van der Waals surface area (Å²) >= 11 is 23.1. The Hall–Kier alpha value is 1.62. The largest absolute Gasteiger partial charge is 0.396 e. The highest BCUT2D eigenvalue weighted by molar-refractivity contribution is 7.99. The molecule has 12 nitrogen and oxygen atoms in total. The number of hydrogen-bond donors (Lipinski definition) is 8. The molecule has 0 heterocycles. The molecule has 1 atom stereocenters. The smallest absolute Gasteiger partial charge is 0.0635 e. The first-order valence-electron chi connectivity index (χ1n) is 22.5. The van der Waals surface area contributed by atoms with Gasteiger partial charge in [-0.25, -0.2) is 0 Å². The monoisotopic (exact) mass is 988 g/mol. The Labute approximate surface area is 402 Å². The Kier molecular flexibility index (Phi) is 48.0. The first kappa shape index (κ1) is 62.6. The summed E-state index contributed by atoms with van der Waals surface area (Å²) < 4.78 is 53.4. The summed E-state index contributed by atoms with van der Waals surface area (Å²) in [5.41, 5.74) is -1.77. The molecule has 0 saturated carbocycles. The van der Waals surface area contributed by atoms with E-state index in [-0.39, 0.29) is 19.8 Å². The highest BCUT2D eigenvalue weighted by Gasteiger charge is 2.33. The van der Waals surface area contributed by atoms with Crippen LogP contribution < -0.4 is 0 Å². The van der Waals surface area contributed by atoms with E-state index in [1.807, 2.05) is 11.8 Å². The normalized spacial score (nSPS) is 13.4. The second kappa shape index (κ2) is 46.7. The molecule has 0 aromatic heterocycles. The zero-order chi connectivity index (χ0) is 44.9. The van der Waals surface area contributed by atoms with Gasteiger partial charge in [0.2, 0.25) is 0 Å². The molecule has 3 N–H and O–H groups in total. The van der Waals surface area contributed by atoms with Gasteiger partial charge in [0.1, 0.15) is 0 Å². The number of unbranched alkanes of at least 4 members (excludes halogenated alkanes) is 4. The SMILES string of the molecule is OCC(COCCCS)(COCCCS)COCCCCCCCOCC(CO)(COCCCS)COCCCSCCCOCC(CO)(COCCCS)COCCCS. The van der Waals surface area contributed by atoms with Crippen molar-refractivity contribution in [3.8, 4) is 0 Å². The molecule has 61 heavy (non-hydrogen) atoms. The van der Waals surface area contributed by atoms with Gasteiger partial charge in [-0.15, -0.1) is 0 Å². The molecule has 0 aromatic carbocycles. The number of rotatable bonds is 52. The molecule has 0 aliphatic carbocycles. The van der Waals surface area contributed by atoms with Crippen LogP contribution in [0.3, 0.4) is 0 Å². The van der Waals surface area contributed by atoms with Gasteiger partial charge in [0.05, 0.1) is 95.5 Å². The van der Waals surface area contributed by atoms with E-state index in [4.69, 9.17) is 42.6 Å². The fourth-order valence-electron chi connectivity index (χ4n) is 5.78. The molecule has 368 valence electrons. The number of hydrogen-bond acceptors (Lipinski definition) is 18. The van der Waals surface area contributed by atoms with E-state index in [0.29, 0.717) is 119 Å². The van der Waals surface area contributed by atoms with Gasteiger partial charge < -0.3 is 58.0 Å². The third-order valence-electron chi connectivity index (χ3n) is 9.65. The Balaban J connectivity index is 4.45. The van der Waals surface area contributed by atoms with E-state index in [2.05, 4.69) is 63.1 Å². The Morgan fingerprint density at radius 2 is 0.475 bits per heavy atom. The van der Waals surface area contributed by atoms with Crippen LogP contribution in [0, 0.1) is 16.2 Å². The summed E-state index contributed by atoms with van der Waals surface area (Å²) in [5.74, 6) is 5.72. The van der Waals surface area contributed by atoms with Crippen LogP contribution in [0.1, 0.15) is 77.0 Å². The Bertz CT molecular complexity index is 810. The minimum atomic E-state index is -0.615. The second-order valence-electron chi connectivity index (χ2n) is 15.9. The molecular weight excluding hydrogens is 901 g/mol. The van der Waals surface area contributed by atoms with E-state index >= 15 is 0 Å². The van der Waals surface area contributed by atoms with Gasteiger partial charge in [-0.05, 0) is 98.1 Å². The van der Waals surface area contributed by atoms with Gasteiger partial charge in [-0.3, -0.25) is 0 Å². The average molecular weight is 990 g/mol. The summed E-state index contributed by atoms with van der Waals surface area (Å²) in [6.45, 7) is 8.64. The quantitative estimate of drug-likeness (QED) is 0.0262. The second-order valence-corrected chi connectivity index (χ2v) is 19.4. The van der Waals surface area contributed by atoms with Crippen LogP contribution in [0.25, 0.3) is 0 Å². The maximum Gasteiger partial charge on any atom is 0.0635 e. The molecule has 0 saturated heterocycles. The molecule has 0 bridgehead atoms. The van der Waals surface area contributed by atoms with Crippen LogP contribution in [-0.4, -0.2) is 194 Å². The molecule has 0 fully saturated rings. The third kappa shape index (κ3) is 36.4. The summed E-state index contributed by atoms with van der Waals surface area (Å²) in [5, 5.41) is 30.9. The molecule has 0 rings (SSSR count). The van der Waals surface area contributed by atoms with Crippen molar-refractivity contribution in [2.45, 2.75) is 77.0 Å². The van der Waals surface area contributed by atoms with Crippen molar-refractivity contribution in [3.63, 3.8) is 0 Å². The van der Waals surface area contributed by atoms with Crippen LogP contribution in [0.2, 0.25) is 0 Å². The lowest BCUT2D eigenvalue weighted by Gasteiger charge is -2.31. The molecule has 1 unspecified atom stereocenters. The third-order valence-corrected chi connectivity index (χ3v) is 12.4. The first-order valence-corrected chi connectivity index (χ1v) is 26.9. The van der Waals surface area contributed by atoms with Gasteiger partial charge in [0.25, 0.3) is 0 Å². The van der Waals surface area contributed by atoms with Crippen molar-refractivity contribution < 1.29 is 58.0 Å². The zero-order valence-corrected chi connectivity index (χ0v) is 42.7. The summed E-state index contributed by atoms with van der Waals surface area (Å²) in [7, 11) is 0. The van der Waals surface area contributed by atoms with E-state index in [1.54, 1.807) is 0 Å². The van der Waals surface area contributed by atoms with Gasteiger partial charge in [-0.2, -0.15) is 74.9 Å². The van der Waals surface area contributed by atoms with Gasteiger partial charge in [0, 0.05) is 59.5 Å². The van der Waals surface area contributed by atoms with Crippen molar-refractivity contribution >= 4 is 74.9 Å². The average Bonchev–Trinajstić information content (AvgIpc) is 3.28. The topological polar surface area (TPSA) is 144 Å². The minimum Gasteiger partial charge on any atom is -0.396 e. The van der Waals surface area contributed by atoms with E-state index in [0.717, 1.165) is 117 Å². The Morgan fingerprint density at radius 1 is 0.279 bits per heavy atom. The molecule has 0 amide bonds. The van der Waals surface area contributed by atoms with Crippen LogP contribution in [0.5, 0.6) is 0 Å². The predicted molar refractivity (Wildman–Crippen MR) is 268 cm³/mol. The van der Waals surface area contributed by atoms with Crippen LogP contribution in [0.4, 0.5) is 0 Å². The predicted octanol–water partition coefficient (Wildman–Crippen LogP) is 6.14.